The lowest BCUT2D eigenvalue weighted by Crippen LogP contribution is -2.14. The first kappa shape index (κ1) is 14.7. The van der Waals surface area contributed by atoms with Gasteiger partial charge in [-0.1, -0.05) is 23.8 Å². The maximum atomic E-state index is 13.3. The molecule has 104 valence electrons. The van der Waals surface area contributed by atoms with Crippen LogP contribution in [0.4, 0.5) is 8.78 Å². The van der Waals surface area contributed by atoms with Gasteiger partial charge in [0.25, 0.3) is 0 Å². The Labute approximate surface area is 125 Å². The van der Waals surface area contributed by atoms with E-state index in [1.165, 1.54) is 30.3 Å². The van der Waals surface area contributed by atoms with Crippen molar-refractivity contribution in [3.63, 3.8) is 0 Å². The molecule has 0 aliphatic carbocycles. The van der Waals surface area contributed by atoms with E-state index in [0.29, 0.717) is 16.9 Å². The summed E-state index contributed by atoms with van der Waals surface area (Å²) in [5.41, 5.74) is 6.59. The van der Waals surface area contributed by atoms with Crippen molar-refractivity contribution in [3.8, 4) is 5.75 Å². The van der Waals surface area contributed by atoms with Gasteiger partial charge in [-0.2, -0.15) is 0 Å². The van der Waals surface area contributed by atoms with Gasteiger partial charge in [0.05, 0.1) is 5.02 Å². The summed E-state index contributed by atoms with van der Waals surface area (Å²) >= 11 is 10.7. The van der Waals surface area contributed by atoms with E-state index in [9.17, 15) is 8.78 Å². The minimum Gasteiger partial charge on any atom is -0.487 e. The number of ether oxygens (including phenoxy) is 1. The Morgan fingerprint density at radius 2 is 1.80 bits per heavy atom. The summed E-state index contributed by atoms with van der Waals surface area (Å²) in [6.07, 6.45) is 0. The van der Waals surface area contributed by atoms with E-state index in [1.54, 1.807) is 0 Å². The molecule has 6 heteroatoms. The third-order valence-corrected chi connectivity index (χ3v) is 3.13. The normalized spacial score (nSPS) is 10.3. The molecule has 2 aromatic rings. The molecular formula is C14H10ClF2NOS. The van der Waals surface area contributed by atoms with Crippen molar-refractivity contribution in [1.29, 1.82) is 0 Å². The average molecular weight is 314 g/mol. The molecule has 0 amide bonds. The zero-order valence-corrected chi connectivity index (χ0v) is 11.8. The largest absolute Gasteiger partial charge is 0.487 e. The van der Waals surface area contributed by atoms with E-state index in [4.69, 9.17) is 34.3 Å². The van der Waals surface area contributed by atoms with Gasteiger partial charge in [-0.15, -0.1) is 0 Å². The van der Waals surface area contributed by atoms with Crippen molar-refractivity contribution in [1.82, 2.24) is 0 Å². The van der Waals surface area contributed by atoms with Crippen LogP contribution in [-0.4, -0.2) is 4.99 Å². The molecule has 2 N–H and O–H groups in total. The fourth-order valence-corrected chi connectivity index (χ4v) is 2.09. The van der Waals surface area contributed by atoms with Gasteiger partial charge in [0, 0.05) is 11.1 Å². The molecule has 0 fully saturated rings. The highest BCUT2D eigenvalue weighted by atomic mass is 35.5. The van der Waals surface area contributed by atoms with Gasteiger partial charge < -0.3 is 10.5 Å². The monoisotopic (exact) mass is 313 g/mol. The molecule has 0 unspecified atom stereocenters. The summed E-state index contributed by atoms with van der Waals surface area (Å²) in [7, 11) is 0. The highest BCUT2D eigenvalue weighted by molar-refractivity contribution is 7.80. The van der Waals surface area contributed by atoms with Crippen molar-refractivity contribution in [3.05, 3.63) is 64.2 Å². The number of nitrogens with two attached hydrogens (primary N) is 1. The third-order valence-electron chi connectivity index (χ3n) is 2.61. The molecular weight excluding hydrogens is 304 g/mol. The van der Waals surface area contributed by atoms with E-state index >= 15 is 0 Å². The van der Waals surface area contributed by atoms with Gasteiger partial charge in [-0.05, 0) is 36.4 Å². The topological polar surface area (TPSA) is 35.2 Å². The molecule has 2 rings (SSSR count). The van der Waals surface area contributed by atoms with Crippen LogP contribution in [0, 0.1) is 11.6 Å². The number of halogens is 3. The second-order valence-corrected chi connectivity index (χ2v) is 4.88. The van der Waals surface area contributed by atoms with Crippen molar-refractivity contribution >= 4 is 28.8 Å². The number of hydrogen-bond donors (Lipinski definition) is 1. The quantitative estimate of drug-likeness (QED) is 0.871. The summed E-state index contributed by atoms with van der Waals surface area (Å²) in [6, 6.07) is 7.80. The van der Waals surface area contributed by atoms with Crippen LogP contribution in [0.5, 0.6) is 5.75 Å². The molecule has 0 heterocycles. The second-order valence-electron chi connectivity index (χ2n) is 4.03. The number of hydrogen-bond acceptors (Lipinski definition) is 2. The standard InChI is InChI=1S/C14H10ClF2NOS/c15-12-6-10(17)2-4-13(12)19-7-8-5-9(16)1-3-11(8)14(18)20/h1-6H,7H2,(H2,18,20). The Hall–Kier alpha value is -1.72. The van der Waals surface area contributed by atoms with Gasteiger partial charge in [0.2, 0.25) is 0 Å². The highest BCUT2D eigenvalue weighted by Gasteiger charge is 2.09. The third kappa shape index (κ3) is 3.43. The van der Waals surface area contributed by atoms with Crippen LogP contribution in [0.15, 0.2) is 36.4 Å². The van der Waals surface area contributed by atoms with Crippen molar-refractivity contribution in [2.24, 2.45) is 5.73 Å². The van der Waals surface area contributed by atoms with Gasteiger partial charge in [0.15, 0.2) is 0 Å². The molecule has 20 heavy (non-hydrogen) atoms. The van der Waals surface area contributed by atoms with Crippen LogP contribution in [0.25, 0.3) is 0 Å². The molecule has 0 saturated carbocycles. The van der Waals surface area contributed by atoms with E-state index in [-0.39, 0.29) is 16.6 Å². The zero-order valence-electron chi connectivity index (χ0n) is 10.2. The minimum atomic E-state index is -0.461. The number of thiocarbonyl (C=S) groups is 1. The van der Waals surface area contributed by atoms with Crippen molar-refractivity contribution in [2.75, 3.05) is 0 Å². The lowest BCUT2D eigenvalue weighted by Gasteiger charge is -2.11. The highest BCUT2D eigenvalue weighted by Crippen LogP contribution is 2.26. The van der Waals surface area contributed by atoms with E-state index < -0.39 is 11.6 Å². The van der Waals surface area contributed by atoms with Gasteiger partial charge in [-0.25, -0.2) is 8.78 Å². The lowest BCUT2D eigenvalue weighted by molar-refractivity contribution is 0.305. The minimum absolute atomic E-state index is 0.0236. The maximum Gasteiger partial charge on any atom is 0.138 e. The Kier molecular flexibility index (Phi) is 4.52. The molecule has 0 aliphatic rings. The lowest BCUT2D eigenvalue weighted by atomic mass is 10.1. The van der Waals surface area contributed by atoms with Crippen LogP contribution >= 0.6 is 23.8 Å². The molecule has 0 radical (unpaired) electrons. The van der Waals surface area contributed by atoms with Gasteiger partial charge in [0.1, 0.15) is 29.0 Å². The molecule has 2 aromatic carbocycles. The Morgan fingerprint density at radius 3 is 2.45 bits per heavy atom. The predicted molar refractivity (Wildman–Crippen MR) is 78.0 cm³/mol. The van der Waals surface area contributed by atoms with E-state index in [2.05, 4.69) is 0 Å². The first-order chi connectivity index (χ1) is 9.47. The van der Waals surface area contributed by atoms with Crippen LogP contribution in [-0.2, 0) is 6.61 Å². The molecule has 0 spiro atoms. The summed E-state index contributed by atoms with van der Waals surface area (Å²) in [5, 5.41) is 0.137. The smallest absolute Gasteiger partial charge is 0.138 e. The molecule has 0 aliphatic heterocycles. The maximum absolute atomic E-state index is 13.3. The second kappa shape index (κ2) is 6.15. The summed E-state index contributed by atoms with van der Waals surface area (Å²) in [4.78, 5) is 0.147. The first-order valence-electron chi connectivity index (χ1n) is 5.63. The SMILES string of the molecule is NC(=S)c1ccc(F)cc1COc1ccc(F)cc1Cl. The molecule has 2 nitrogen and oxygen atoms in total. The Bertz CT molecular complexity index is 664. The van der Waals surface area contributed by atoms with Gasteiger partial charge in [-0.3, -0.25) is 0 Å². The van der Waals surface area contributed by atoms with Crippen molar-refractivity contribution in [2.45, 2.75) is 6.61 Å². The first-order valence-corrected chi connectivity index (χ1v) is 6.42. The molecule has 0 bridgehead atoms. The summed E-state index contributed by atoms with van der Waals surface area (Å²) in [6.45, 7) is 0.0236. The zero-order chi connectivity index (χ0) is 14.7. The van der Waals surface area contributed by atoms with Crippen LogP contribution in [0.2, 0.25) is 5.02 Å². The van der Waals surface area contributed by atoms with E-state index in [0.717, 1.165) is 6.07 Å². The fraction of sp³-hybridized carbons (Fsp3) is 0.0714. The molecule has 0 atom stereocenters. The van der Waals surface area contributed by atoms with Gasteiger partial charge >= 0.3 is 0 Å². The summed E-state index contributed by atoms with van der Waals surface area (Å²) < 4.78 is 31.6. The predicted octanol–water partition coefficient (Wildman–Crippen LogP) is 3.83. The van der Waals surface area contributed by atoms with Crippen LogP contribution < -0.4 is 10.5 Å². The Balaban J connectivity index is 2.22. The number of benzene rings is 2. The van der Waals surface area contributed by atoms with E-state index in [1.807, 2.05) is 0 Å². The average Bonchev–Trinajstić information content (AvgIpc) is 2.37. The van der Waals surface area contributed by atoms with Crippen LogP contribution in [0.3, 0.4) is 0 Å². The number of rotatable bonds is 4. The Morgan fingerprint density at radius 1 is 1.15 bits per heavy atom. The summed E-state index contributed by atoms with van der Waals surface area (Å²) in [5.74, 6) is -0.586. The molecule has 0 aromatic heterocycles. The van der Waals surface area contributed by atoms with Crippen molar-refractivity contribution < 1.29 is 13.5 Å². The van der Waals surface area contributed by atoms with Crippen LogP contribution in [0.1, 0.15) is 11.1 Å². The molecule has 0 saturated heterocycles. The fourth-order valence-electron chi connectivity index (χ4n) is 1.67.